The molecule has 0 bridgehead atoms. The van der Waals surface area contributed by atoms with Crippen LogP contribution < -0.4 is 10.6 Å². The van der Waals surface area contributed by atoms with E-state index in [0.29, 0.717) is 6.04 Å². The van der Waals surface area contributed by atoms with Crippen molar-refractivity contribution in [3.05, 3.63) is 16.1 Å². The van der Waals surface area contributed by atoms with Crippen LogP contribution in [0.25, 0.3) is 0 Å². The van der Waals surface area contributed by atoms with Crippen molar-refractivity contribution in [3.8, 4) is 0 Å². The molecule has 0 atom stereocenters. The Balaban J connectivity index is 2.04. The highest BCUT2D eigenvalue weighted by Gasteiger charge is 1.97. The largest absolute Gasteiger partial charge is 0.313 e. The van der Waals surface area contributed by atoms with Crippen LogP contribution in [0.2, 0.25) is 0 Å². The zero-order valence-electron chi connectivity index (χ0n) is 9.13. The molecule has 4 heteroatoms. The minimum absolute atomic E-state index is 0.568. The molecule has 0 aromatic carbocycles. The summed E-state index contributed by atoms with van der Waals surface area (Å²) < 4.78 is 0. The first-order chi connectivity index (χ1) is 6.68. The molecule has 14 heavy (non-hydrogen) atoms. The zero-order chi connectivity index (χ0) is 10.4. The molecule has 0 amide bonds. The molecule has 0 unspecified atom stereocenters. The van der Waals surface area contributed by atoms with Crippen LogP contribution in [0.1, 0.15) is 24.5 Å². The van der Waals surface area contributed by atoms with Gasteiger partial charge in [0.05, 0.1) is 10.7 Å². The first kappa shape index (κ1) is 11.6. The van der Waals surface area contributed by atoms with E-state index in [4.69, 9.17) is 0 Å². The predicted molar refractivity (Wildman–Crippen MR) is 61.7 cm³/mol. The maximum Gasteiger partial charge on any atom is 0.0897 e. The first-order valence-corrected chi connectivity index (χ1v) is 5.91. The van der Waals surface area contributed by atoms with Gasteiger partial charge in [-0.15, -0.1) is 11.3 Å². The summed E-state index contributed by atoms with van der Waals surface area (Å²) in [6, 6.07) is 0.568. The van der Waals surface area contributed by atoms with Crippen molar-refractivity contribution < 1.29 is 0 Å². The quantitative estimate of drug-likeness (QED) is 0.704. The molecule has 0 spiro atoms. The van der Waals surface area contributed by atoms with Crippen molar-refractivity contribution in [3.63, 3.8) is 0 Å². The van der Waals surface area contributed by atoms with E-state index in [1.54, 1.807) is 11.3 Å². The fourth-order valence-corrected chi connectivity index (χ4v) is 1.77. The number of thiazole rings is 1. The third-order valence-corrected chi connectivity index (χ3v) is 2.65. The van der Waals surface area contributed by atoms with Gasteiger partial charge in [0.25, 0.3) is 0 Å². The lowest BCUT2D eigenvalue weighted by Gasteiger charge is -2.07. The Morgan fingerprint density at radius 2 is 2.21 bits per heavy atom. The fraction of sp³-hybridized carbons (Fsp3) is 0.700. The van der Waals surface area contributed by atoms with Crippen LogP contribution in [0.4, 0.5) is 0 Å². The van der Waals surface area contributed by atoms with Gasteiger partial charge >= 0.3 is 0 Å². The van der Waals surface area contributed by atoms with Gasteiger partial charge < -0.3 is 10.6 Å². The Kier molecular flexibility index (Phi) is 5.07. The number of nitrogens with zero attached hydrogens (tertiary/aromatic N) is 1. The summed E-state index contributed by atoms with van der Waals surface area (Å²) in [5.74, 6) is 0. The highest BCUT2D eigenvalue weighted by atomic mass is 32.1. The van der Waals surface area contributed by atoms with Crippen molar-refractivity contribution in [2.75, 3.05) is 13.1 Å². The number of hydrogen-bond donors (Lipinski definition) is 2. The maximum absolute atomic E-state index is 4.38. The standard InChI is InChI=1S/C10H19N3S/c1-8(2)12-5-4-11-6-10-7-14-9(3)13-10/h7-8,11-12H,4-6H2,1-3H3. The summed E-state index contributed by atoms with van der Waals surface area (Å²) in [7, 11) is 0. The molecule has 0 aliphatic rings. The Morgan fingerprint density at radius 3 is 2.79 bits per heavy atom. The van der Waals surface area contributed by atoms with Gasteiger partial charge in [-0.25, -0.2) is 4.98 Å². The van der Waals surface area contributed by atoms with Crippen LogP contribution in [0.5, 0.6) is 0 Å². The second kappa shape index (κ2) is 6.11. The normalized spacial score (nSPS) is 11.1. The molecule has 3 nitrogen and oxygen atoms in total. The van der Waals surface area contributed by atoms with E-state index in [1.165, 1.54) is 0 Å². The molecule has 0 aliphatic carbocycles. The summed E-state index contributed by atoms with van der Waals surface area (Å²) in [5.41, 5.74) is 1.15. The van der Waals surface area contributed by atoms with Crippen molar-refractivity contribution in [1.82, 2.24) is 15.6 Å². The lowest BCUT2D eigenvalue weighted by Crippen LogP contribution is -2.31. The Bertz CT molecular complexity index is 258. The molecule has 0 saturated carbocycles. The number of hydrogen-bond acceptors (Lipinski definition) is 4. The van der Waals surface area contributed by atoms with E-state index < -0.39 is 0 Å². The van der Waals surface area contributed by atoms with Gasteiger partial charge in [0.1, 0.15) is 0 Å². The van der Waals surface area contributed by atoms with Crippen molar-refractivity contribution in [2.24, 2.45) is 0 Å². The van der Waals surface area contributed by atoms with E-state index in [-0.39, 0.29) is 0 Å². The van der Waals surface area contributed by atoms with Crippen LogP contribution in [-0.2, 0) is 6.54 Å². The van der Waals surface area contributed by atoms with Crippen LogP contribution in [-0.4, -0.2) is 24.1 Å². The van der Waals surface area contributed by atoms with Crippen molar-refractivity contribution in [2.45, 2.75) is 33.4 Å². The SMILES string of the molecule is Cc1nc(CNCCNC(C)C)cs1. The molecular formula is C10H19N3S. The van der Waals surface area contributed by atoms with Gasteiger partial charge in [-0.3, -0.25) is 0 Å². The first-order valence-electron chi connectivity index (χ1n) is 5.03. The topological polar surface area (TPSA) is 37.0 Å². The van der Waals surface area contributed by atoms with Gasteiger partial charge in [0.2, 0.25) is 0 Å². The molecule has 0 fully saturated rings. The third kappa shape index (κ3) is 4.69. The van der Waals surface area contributed by atoms with Gasteiger partial charge in [0, 0.05) is 31.1 Å². The van der Waals surface area contributed by atoms with E-state index in [0.717, 1.165) is 30.3 Å². The molecule has 1 rings (SSSR count). The van der Waals surface area contributed by atoms with Crippen LogP contribution in [0, 0.1) is 6.92 Å². The molecule has 0 aliphatic heterocycles. The average molecular weight is 213 g/mol. The number of aryl methyl sites for hydroxylation is 1. The molecular weight excluding hydrogens is 194 g/mol. The second-order valence-corrected chi connectivity index (χ2v) is 4.71. The van der Waals surface area contributed by atoms with E-state index in [2.05, 4.69) is 34.8 Å². The summed E-state index contributed by atoms with van der Waals surface area (Å²) in [4.78, 5) is 4.38. The smallest absolute Gasteiger partial charge is 0.0897 e. The maximum atomic E-state index is 4.38. The average Bonchev–Trinajstić information content (AvgIpc) is 2.50. The minimum atomic E-state index is 0.568. The lowest BCUT2D eigenvalue weighted by molar-refractivity contribution is 0.554. The Morgan fingerprint density at radius 1 is 1.43 bits per heavy atom. The van der Waals surface area contributed by atoms with Crippen molar-refractivity contribution in [1.29, 1.82) is 0 Å². The van der Waals surface area contributed by atoms with E-state index >= 15 is 0 Å². The van der Waals surface area contributed by atoms with Gasteiger partial charge in [0.15, 0.2) is 0 Å². The molecule has 80 valence electrons. The van der Waals surface area contributed by atoms with E-state index in [9.17, 15) is 0 Å². The summed E-state index contributed by atoms with van der Waals surface area (Å²) in [5, 5.41) is 9.96. The highest BCUT2D eigenvalue weighted by Crippen LogP contribution is 2.06. The molecule has 0 saturated heterocycles. The molecule has 1 aromatic rings. The Labute approximate surface area is 89.9 Å². The predicted octanol–water partition coefficient (Wildman–Crippen LogP) is 1.54. The summed E-state index contributed by atoms with van der Waals surface area (Å²) in [6.45, 7) is 9.24. The monoisotopic (exact) mass is 213 g/mol. The minimum Gasteiger partial charge on any atom is -0.313 e. The number of rotatable bonds is 6. The van der Waals surface area contributed by atoms with Gasteiger partial charge in [-0.05, 0) is 6.92 Å². The Hall–Kier alpha value is -0.450. The van der Waals surface area contributed by atoms with Gasteiger partial charge in [-0.2, -0.15) is 0 Å². The van der Waals surface area contributed by atoms with Crippen LogP contribution >= 0.6 is 11.3 Å². The second-order valence-electron chi connectivity index (χ2n) is 3.64. The van der Waals surface area contributed by atoms with E-state index in [1.807, 2.05) is 6.92 Å². The molecule has 1 heterocycles. The third-order valence-electron chi connectivity index (χ3n) is 1.83. The summed E-state index contributed by atoms with van der Waals surface area (Å²) in [6.07, 6.45) is 0. The molecule has 2 N–H and O–H groups in total. The highest BCUT2D eigenvalue weighted by molar-refractivity contribution is 7.09. The number of nitrogens with one attached hydrogen (secondary N) is 2. The van der Waals surface area contributed by atoms with Crippen molar-refractivity contribution >= 4 is 11.3 Å². The molecule has 0 radical (unpaired) electrons. The summed E-state index contributed by atoms with van der Waals surface area (Å²) >= 11 is 1.71. The van der Waals surface area contributed by atoms with Gasteiger partial charge in [-0.1, -0.05) is 13.8 Å². The van der Waals surface area contributed by atoms with Crippen LogP contribution in [0.15, 0.2) is 5.38 Å². The number of aromatic nitrogens is 1. The van der Waals surface area contributed by atoms with Crippen LogP contribution in [0.3, 0.4) is 0 Å². The molecule has 1 aromatic heterocycles. The zero-order valence-corrected chi connectivity index (χ0v) is 9.95. The lowest BCUT2D eigenvalue weighted by atomic mass is 10.4. The fourth-order valence-electron chi connectivity index (χ4n) is 1.16.